The number of aliphatic hydroxyl groups excluding tert-OH is 1. The summed E-state index contributed by atoms with van der Waals surface area (Å²) in [5.41, 5.74) is 8.20. The maximum Gasteiger partial charge on any atom is 0.308 e. The molecule has 34 heavy (non-hydrogen) atoms. The van der Waals surface area contributed by atoms with Crippen LogP contribution in [0.5, 0.6) is 5.75 Å². The van der Waals surface area contributed by atoms with Gasteiger partial charge in [-0.3, -0.25) is 4.79 Å². The SMILES string of the molecule is NC(CCc1ccc(Sc2cccc(OCc3ccccc3)c2)cc1Cl)C(CCCO)C(=O)O. The number of aliphatic carboxylic acids is 1. The molecule has 4 N–H and O–H groups in total. The first-order chi connectivity index (χ1) is 16.5. The van der Waals surface area contributed by atoms with E-state index >= 15 is 0 Å². The van der Waals surface area contributed by atoms with Crippen molar-refractivity contribution >= 4 is 29.3 Å². The molecule has 3 aromatic rings. The first-order valence-corrected chi connectivity index (χ1v) is 12.5. The van der Waals surface area contributed by atoms with E-state index in [0.717, 1.165) is 26.7 Å². The molecule has 5 nitrogen and oxygen atoms in total. The van der Waals surface area contributed by atoms with E-state index in [1.165, 1.54) is 0 Å². The fourth-order valence-electron chi connectivity index (χ4n) is 3.65. The standard InChI is InChI=1S/C27H30ClNO4S/c28-25-17-23(13-11-20(25)12-14-26(29)24(27(31)32)10-5-15-30)34-22-9-4-8-21(16-22)33-18-19-6-2-1-3-7-19/h1-4,6-9,11,13,16-17,24,26,30H,5,10,12,14-15,18,29H2,(H,31,32). The van der Waals surface area contributed by atoms with E-state index in [9.17, 15) is 9.90 Å². The molecule has 0 bridgehead atoms. The Morgan fingerprint density at radius 1 is 1.00 bits per heavy atom. The minimum absolute atomic E-state index is 0.0382. The molecule has 3 aromatic carbocycles. The summed E-state index contributed by atoms with van der Waals surface area (Å²) < 4.78 is 5.92. The van der Waals surface area contributed by atoms with Crippen LogP contribution in [-0.4, -0.2) is 28.8 Å². The molecule has 180 valence electrons. The van der Waals surface area contributed by atoms with Crippen LogP contribution in [0, 0.1) is 5.92 Å². The van der Waals surface area contributed by atoms with Gasteiger partial charge >= 0.3 is 5.97 Å². The summed E-state index contributed by atoms with van der Waals surface area (Å²) in [6.07, 6.45) is 1.90. The van der Waals surface area contributed by atoms with Gasteiger partial charge in [0.2, 0.25) is 0 Å². The molecule has 7 heteroatoms. The van der Waals surface area contributed by atoms with Crippen LogP contribution in [0.1, 0.15) is 30.4 Å². The van der Waals surface area contributed by atoms with Crippen molar-refractivity contribution in [2.24, 2.45) is 11.7 Å². The van der Waals surface area contributed by atoms with Gasteiger partial charge in [0.05, 0.1) is 5.92 Å². The summed E-state index contributed by atoms with van der Waals surface area (Å²) in [4.78, 5) is 13.5. The molecule has 0 saturated heterocycles. The minimum atomic E-state index is -0.922. The molecule has 0 aliphatic rings. The third kappa shape index (κ3) is 8.06. The van der Waals surface area contributed by atoms with Crippen molar-refractivity contribution in [1.29, 1.82) is 0 Å². The van der Waals surface area contributed by atoms with Gasteiger partial charge < -0.3 is 20.7 Å². The molecular weight excluding hydrogens is 470 g/mol. The summed E-state index contributed by atoms with van der Waals surface area (Å²) in [6.45, 7) is 0.476. The number of benzene rings is 3. The number of ether oxygens (including phenoxy) is 1. The molecule has 3 rings (SSSR count). The number of aryl methyl sites for hydroxylation is 1. The van der Waals surface area contributed by atoms with Crippen molar-refractivity contribution in [3.63, 3.8) is 0 Å². The van der Waals surface area contributed by atoms with Crippen LogP contribution in [-0.2, 0) is 17.8 Å². The minimum Gasteiger partial charge on any atom is -0.489 e. The van der Waals surface area contributed by atoms with E-state index < -0.39 is 17.9 Å². The van der Waals surface area contributed by atoms with Crippen molar-refractivity contribution in [3.05, 3.63) is 88.9 Å². The van der Waals surface area contributed by atoms with E-state index in [4.69, 9.17) is 27.2 Å². The zero-order valence-corrected chi connectivity index (χ0v) is 20.5. The van der Waals surface area contributed by atoms with Crippen LogP contribution in [0.4, 0.5) is 0 Å². The highest BCUT2D eigenvalue weighted by Crippen LogP contribution is 2.33. The largest absolute Gasteiger partial charge is 0.489 e. The molecule has 0 heterocycles. The fourth-order valence-corrected chi connectivity index (χ4v) is 4.90. The Labute approximate surface area is 209 Å². The Morgan fingerprint density at radius 2 is 1.76 bits per heavy atom. The van der Waals surface area contributed by atoms with Gasteiger partial charge in [-0.05, 0) is 67.1 Å². The number of rotatable bonds is 13. The van der Waals surface area contributed by atoms with Crippen LogP contribution in [0.2, 0.25) is 5.02 Å². The number of carbonyl (C=O) groups is 1. The Bertz CT molecular complexity index is 1060. The van der Waals surface area contributed by atoms with Crippen LogP contribution in [0.15, 0.2) is 82.6 Å². The highest BCUT2D eigenvalue weighted by molar-refractivity contribution is 7.99. The Hall–Kier alpha value is -2.51. The molecule has 0 aromatic heterocycles. The maximum atomic E-state index is 11.5. The Morgan fingerprint density at radius 3 is 2.47 bits per heavy atom. The predicted octanol–water partition coefficient (Wildman–Crippen LogP) is 5.80. The quantitative estimate of drug-likeness (QED) is 0.275. The summed E-state index contributed by atoms with van der Waals surface area (Å²) in [7, 11) is 0. The molecule has 2 atom stereocenters. The van der Waals surface area contributed by atoms with E-state index in [1.54, 1.807) is 11.8 Å². The van der Waals surface area contributed by atoms with Gasteiger partial charge in [-0.2, -0.15) is 0 Å². The lowest BCUT2D eigenvalue weighted by Gasteiger charge is -2.20. The molecular formula is C27H30ClNO4S. The molecule has 0 radical (unpaired) electrons. The second-order valence-corrected chi connectivity index (χ2v) is 9.67. The average molecular weight is 500 g/mol. The number of hydrogen-bond acceptors (Lipinski definition) is 5. The summed E-state index contributed by atoms with van der Waals surface area (Å²) in [5.74, 6) is -0.786. The predicted molar refractivity (Wildman–Crippen MR) is 137 cm³/mol. The maximum absolute atomic E-state index is 11.5. The Kier molecular flexibility index (Phi) is 10.3. The van der Waals surface area contributed by atoms with Gasteiger partial charge in [-0.25, -0.2) is 0 Å². The third-order valence-corrected chi connectivity index (χ3v) is 6.90. The van der Waals surface area contributed by atoms with Crippen molar-refractivity contribution < 1.29 is 19.7 Å². The Balaban J connectivity index is 1.57. The lowest BCUT2D eigenvalue weighted by Crippen LogP contribution is -2.36. The smallest absolute Gasteiger partial charge is 0.308 e. The van der Waals surface area contributed by atoms with Crippen molar-refractivity contribution in [3.8, 4) is 5.75 Å². The third-order valence-electron chi connectivity index (χ3n) is 5.57. The first-order valence-electron chi connectivity index (χ1n) is 11.3. The molecule has 0 saturated carbocycles. The molecule has 2 unspecified atom stereocenters. The van der Waals surface area contributed by atoms with Crippen LogP contribution in [0.3, 0.4) is 0 Å². The normalized spacial score (nSPS) is 12.8. The number of aliphatic hydroxyl groups is 1. The van der Waals surface area contributed by atoms with Crippen LogP contribution in [0.25, 0.3) is 0 Å². The first kappa shape index (κ1) is 26.1. The lowest BCUT2D eigenvalue weighted by atomic mass is 9.91. The second-order valence-electron chi connectivity index (χ2n) is 8.12. The average Bonchev–Trinajstić information content (AvgIpc) is 2.83. The number of hydrogen-bond donors (Lipinski definition) is 3. The molecule has 0 aliphatic heterocycles. The van der Waals surface area contributed by atoms with E-state index in [-0.39, 0.29) is 6.61 Å². The topological polar surface area (TPSA) is 92.8 Å². The molecule has 0 aliphatic carbocycles. The zero-order chi connectivity index (χ0) is 24.3. The number of carboxylic acid groups (broad SMARTS) is 1. The van der Waals surface area contributed by atoms with Crippen LogP contribution >= 0.6 is 23.4 Å². The summed E-state index contributed by atoms with van der Waals surface area (Å²) in [5, 5.41) is 19.0. The second kappa shape index (κ2) is 13.4. The van der Waals surface area contributed by atoms with Gasteiger partial charge in [0.1, 0.15) is 12.4 Å². The van der Waals surface area contributed by atoms with Gasteiger partial charge in [-0.15, -0.1) is 0 Å². The van der Waals surface area contributed by atoms with E-state index in [0.29, 0.717) is 37.3 Å². The highest BCUT2D eigenvalue weighted by atomic mass is 35.5. The van der Waals surface area contributed by atoms with Crippen LogP contribution < -0.4 is 10.5 Å². The van der Waals surface area contributed by atoms with Crippen molar-refractivity contribution in [2.45, 2.75) is 48.1 Å². The molecule has 0 spiro atoms. The van der Waals surface area contributed by atoms with Gasteiger partial charge in [0, 0.05) is 27.5 Å². The van der Waals surface area contributed by atoms with E-state index in [1.807, 2.05) is 72.8 Å². The summed E-state index contributed by atoms with van der Waals surface area (Å²) >= 11 is 8.12. The monoisotopic (exact) mass is 499 g/mol. The number of nitrogens with two attached hydrogens (primary N) is 1. The number of carboxylic acids is 1. The molecule has 0 fully saturated rings. The van der Waals surface area contributed by atoms with Gasteiger partial charge in [-0.1, -0.05) is 65.8 Å². The highest BCUT2D eigenvalue weighted by Gasteiger charge is 2.24. The zero-order valence-electron chi connectivity index (χ0n) is 18.9. The van der Waals surface area contributed by atoms with Crippen molar-refractivity contribution in [1.82, 2.24) is 0 Å². The van der Waals surface area contributed by atoms with E-state index in [2.05, 4.69) is 0 Å². The number of halogens is 1. The van der Waals surface area contributed by atoms with Crippen molar-refractivity contribution in [2.75, 3.05) is 6.61 Å². The fraction of sp³-hybridized carbons (Fsp3) is 0.296. The van der Waals surface area contributed by atoms with Gasteiger partial charge in [0.25, 0.3) is 0 Å². The van der Waals surface area contributed by atoms with Gasteiger partial charge in [0.15, 0.2) is 0 Å². The summed E-state index contributed by atoms with van der Waals surface area (Å²) in [6, 6.07) is 23.4. The molecule has 0 amide bonds. The lowest BCUT2D eigenvalue weighted by molar-refractivity contribution is -0.142.